The summed E-state index contributed by atoms with van der Waals surface area (Å²) in [4.78, 5) is 0. The number of nitrogens with one attached hydrogen (secondary N) is 1. The summed E-state index contributed by atoms with van der Waals surface area (Å²) in [7, 11) is 0. The van der Waals surface area contributed by atoms with Gasteiger partial charge in [-0.3, -0.25) is 0 Å². The van der Waals surface area contributed by atoms with E-state index in [-0.39, 0.29) is 5.82 Å². The molecular weight excluding hydrogens is 201 g/mol. The quantitative estimate of drug-likeness (QED) is 0.779. The Labute approximate surface area is 98.1 Å². The maximum atomic E-state index is 12.9. The number of benzene rings is 1. The van der Waals surface area contributed by atoms with Gasteiger partial charge in [-0.05, 0) is 43.5 Å². The van der Waals surface area contributed by atoms with Crippen molar-refractivity contribution in [3.8, 4) is 0 Å². The van der Waals surface area contributed by atoms with E-state index in [2.05, 4.69) is 26.1 Å². The van der Waals surface area contributed by atoms with Crippen molar-refractivity contribution in [3.05, 3.63) is 35.6 Å². The van der Waals surface area contributed by atoms with E-state index in [1.54, 1.807) is 12.1 Å². The van der Waals surface area contributed by atoms with Crippen LogP contribution in [-0.2, 0) is 6.42 Å². The standard InChI is InChI=1S/C14H22FN/c1-4-11(2)12(3)16-9-8-13-6-5-7-14(15)10-13/h5-7,10-12,16H,4,8-9H2,1-3H3. The Kier molecular flexibility index (Phi) is 5.47. The number of halogens is 1. The second-order valence-corrected chi connectivity index (χ2v) is 4.51. The molecule has 0 amide bonds. The minimum Gasteiger partial charge on any atom is -0.314 e. The third kappa shape index (κ3) is 4.31. The summed E-state index contributed by atoms with van der Waals surface area (Å²) in [6.45, 7) is 7.57. The Hall–Kier alpha value is -0.890. The largest absolute Gasteiger partial charge is 0.314 e. The molecule has 0 saturated heterocycles. The first kappa shape index (κ1) is 13.2. The molecule has 1 N–H and O–H groups in total. The van der Waals surface area contributed by atoms with Crippen LogP contribution in [0.3, 0.4) is 0 Å². The molecule has 2 atom stereocenters. The summed E-state index contributed by atoms with van der Waals surface area (Å²) in [5.74, 6) is 0.542. The summed E-state index contributed by atoms with van der Waals surface area (Å²) in [6, 6.07) is 7.36. The summed E-state index contributed by atoms with van der Waals surface area (Å²) >= 11 is 0. The molecule has 1 aromatic carbocycles. The molecule has 1 aromatic rings. The fraction of sp³-hybridized carbons (Fsp3) is 0.571. The van der Waals surface area contributed by atoms with Crippen LogP contribution in [0.25, 0.3) is 0 Å². The predicted octanol–water partition coefficient (Wildman–Crippen LogP) is 3.39. The number of rotatable bonds is 6. The average molecular weight is 223 g/mol. The number of hydrogen-bond acceptors (Lipinski definition) is 1. The third-order valence-corrected chi connectivity index (χ3v) is 3.27. The van der Waals surface area contributed by atoms with E-state index in [1.165, 1.54) is 12.5 Å². The minimum absolute atomic E-state index is 0.146. The van der Waals surface area contributed by atoms with E-state index in [9.17, 15) is 4.39 Å². The van der Waals surface area contributed by atoms with Crippen molar-refractivity contribution in [2.75, 3.05) is 6.54 Å². The van der Waals surface area contributed by atoms with E-state index in [0.717, 1.165) is 18.5 Å². The van der Waals surface area contributed by atoms with Gasteiger partial charge in [0.2, 0.25) is 0 Å². The fourth-order valence-corrected chi connectivity index (χ4v) is 1.69. The van der Waals surface area contributed by atoms with Crippen molar-refractivity contribution in [2.24, 2.45) is 5.92 Å². The van der Waals surface area contributed by atoms with Crippen LogP contribution in [0, 0.1) is 11.7 Å². The van der Waals surface area contributed by atoms with Crippen molar-refractivity contribution in [1.82, 2.24) is 5.32 Å². The molecule has 0 bridgehead atoms. The van der Waals surface area contributed by atoms with Gasteiger partial charge in [0, 0.05) is 6.04 Å². The molecule has 2 heteroatoms. The van der Waals surface area contributed by atoms with Gasteiger partial charge in [-0.25, -0.2) is 4.39 Å². The molecule has 1 rings (SSSR count). The molecule has 0 fully saturated rings. The molecule has 16 heavy (non-hydrogen) atoms. The van der Waals surface area contributed by atoms with Crippen LogP contribution < -0.4 is 5.32 Å². The fourth-order valence-electron chi connectivity index (χ4n) is 1.69. The Morgan fingerprint density at radius 1 is 1.31 bits per heavy atom. The van der Waals surface area contributed by atoms with E-state index in [1.807, 2.05) is 6.07 Å². The van der Waals surface area contributed by atoms with Crippen LogP contribution >= 0.6 is 0 Å². The maximum absolute atomic E-state index is 12.9. The Balaban J connectivity index is 2.30. The smallest absolute Gasteiger partial charge is 0.123 e. The van der Waals surface area contributed by atoms with Gasteiger partial charge < -0.3 is 5.32 Å². The van der Waals surface area contributed by atoms with Crippen molar-refractivity contribution >= 4 is 0 Å². The Bertz CT molecular complexity index is 311. The Morgan fingerprint density at radius 3 is 2.69 bits per heavy atom. The van der Waals surface area contributed by atoms with E-state index in [4.69, 9.17) is 0 Å². The monoisotopic (exact) mass is 223 g/mol. The van der Waals surface area contributed by atoms with Gasteiger partial charge in [0.15, 0.2) is 0 Å². The highest BCUT2D eigenvalue weighted by Crippen LogP contribution is 2.07. The molecular formula is C14H22FN. The maximum Gasteiger partial charge on any atom is 0.123 e. The van der Waals surface area contributed by atoms with Gasteiger partial charge in [0.25, 0.3) is 0 Å². The van der Waals surface area contributed by atoms with Crippen molar-refractivity contribution in [2.45, 2.75) is 39.7 Å². The first-order valence-electron chi connectivity index (χ1n) is 6.11. The van der Waals surface area contributed by atoms with Gasteiger partial charge >= 0.3 is 0 Å². The average Bonchev–Trinajstić information content (AvgIpc) is 2.28. The van der Waals surface area contributed by atoms with Crippen LogP contribution in [-0.4, -0.2) is 12.6 Å². The molecule has 0 aromatic heterocycles. The molecule has 0 aliphatic rings. The second kappa shape index (κ2) is 6.64. The van der Waals surface area contributed by atoms with Gasteiger partial charge in [0.1, 0.15) is 5.82 Å². The van der Waals surface area contributed by atoms with Gasteiger partial charge in [0.05, 0.1) is 0 Å². The van der Waals surface area contributed by atoms with Crippen molar-refractivity contribution in [1.29, 1.82) is 0 Å². The molecule has 90 valence electrons. The molecule has 0 radical (unpaired) electrons. The molecule has 0 spiro atoms. The van der Waals surface area contributed by atoms with E-state index < -0.39 is 0 Å². The van der Waals surface area contributed by atoms with Crippen LogP contribution in [0.2, 0.25) is 0 Å². The highest BCUT2D eigenvalue weighted by atomic mass is 19.1. The lowest BCUT2D eigenvalue weighted by atomic mass is 10.0. The first-order chi connectivity index (χ1) is 7.63. The van der Waals surface area contributed by atoms with Crippen LogP contribution in [0.4, 0.5) is 4.39 Å². The zero-order valence-corrected chi connectivity index (χ0v) is 10.5. The molecule has 0 aliphatic heterocycles. The lowest BCUT2D eigenvalue weighted by molar-refractivity contribution is 0.393. The molecule has 2 unspecified atom stereocenters. The zero-order chi connectivity index (χ0) is 12.0. The summed E-state index contributed by atoms with van der Waals surface area (Å²) in [5, 5.41) is 3.48. The summed E-state index contributed by atoms with van der Waals surface area (Å²) in [5.41, 5.74) is 1.06. The zero-order valence-electron chi connectivity index (χ0n) is 10.5. The normalized spacial score (nSPS) is 14.8. The third-order valence-electron chi connectivity index (χ3n) is 3.27. The molecule has 0 aliphatic carbocycles. The lowest BCUT2D eigenvalue weighted by Crippen LogP contribution is -2.33. The SMILES string of the molecule is CCC(C)C(C)NCCc1cccc(F)c1. The first-order valence-corrected chi connectivity index (χ1v) is 6.11. The summed E-state index contributed by atoms with van der Waals surface area (Å²) < 4.78 is 12.9. The van der Waals surface area contributed by atoms with Crippen molar-refractivity contribution < 1.29 is 4.39 Å². The van der Waals surface area contributed by atoms with Gasteiger partial charge in [-0.2, -0.15) is 0 Å². The van der Waals surface area contributed by atoms with Crippen LogP contribution in [0.1, 0.15) is 32.8 Å². The number of hydrogen-bond donors (Lipinski definition) is 1. The van der Waals surface area contributed by atoms with Crippen LogP contribution in [0.15, 0.2) is 24.3 Å². The predicted molar refractivity (Wildman–Crippen MR) is 67.0 cm³/mol. The molecule has 0 saturated carbocycles. The van der Waals surface area contributed by atoms with E-state index >= 15 is 0 Å². The van der Waals surface area contributed by atoms with Gasteiger partial charge in [-0.1, -0.05) is 32.4 Å². The topological polar surface area (TPSA) is 12.0 Å². The highest BCUT2D eigenvalue weighted by Gasteiger charge is 2.08. The summed E-state index contributed by atoms with van der Waals surface area (Å²) in [6.07, 6.45) is 2.08. The lowest BCUT2D eigenvalue weighted by Gasteiger charge is -2.19. The van der Waals surface area contributed by atoms with Gasteiger partial charge in [-0.15, -0.1) is 0 Å². The van der Waals surface area contributed by atoms with Crippen molar-refractivity contribution in [3.63, 3.8) is 0 Å². The molecule has 1 nitrogen and oxygen atoms in total. The highest BCUT2D eigenvalue weighted by molar-refractivity contribution is 5.16. The second-order valence-electron chi connectivity index (χ2n) is 4.51. The van der Waals surface area contributed by atoms with E-state index in [0.29, 0.717) is 12.0 Å². The minimum atomic E-state index is -0.146. The molecule has 0 heterocycles. The Morgan fingerprint density at radius 2 is 2.06 bits per heavy atom. The van der Waals surface area contributed by atoms with Crippen LogP contribution in [0.5, 0.6) is 0 Å².